The van der Waals surface area contributed by atoms with E-state index < -0.39 is 5.41 Å². The number of nitrogens with one attached hydrogen (secondary N) is 1. The van der Waals surface area contributed by atoms with Gasteiger partial charge in [-0.1, -0.05) is 25.0 Å². The number of aryl methyl sites for hydroxylation is 2. The number of anilines is 1. The molecular formula is C21H24FNO2. The summed E-state index contributed by atoms with van der Waals surface area (Å²) in [5.74, 6) is 0.548. The van der Waals surface area contributed by atoms with Crippen LogP contribution in [0.3, 0.4) is 0 Å². The fourth-order valence-corrected chi connectivity index (χ4v) is 3.99. The van der Waals surface area contributed by atoms with Crippen LogP contribution in [0.1, 0.15) is 42.4 Å². The molecule has 132 valence electrons. The first-order valence-electron chi connectivity index (χ1n) is 8.69. The molecule has 25 heavy (non-hydrogen) atoms. The van der Waals surface area contributed by atoms with Crippen molar-refractivity contribution in [2.24, 2.45) is 0 Å². The minimum absolute atomic E-state index is 0.0134. The van der Waals surface area contributed by atoms with Crippen LogP contribution >= 0.6 is 0 Å². The molecule has 1 aliphatic carbocycles. The van der Waals surface area contributed by atoms with Crippen LogP contribution in [-0.4, -0.2) is 13.0 Å². The molecule has 0 bridgehead atoms. The Morgan fingerprint density at radius 1 is 1.08 bits per heavy atom. The molecule has 0 unspecified atom stereocenters. The molecule has 0 saturated heterocycles. The number of amides is 1. The van der Waals surface area contributed by atoms with E-state index in [0.717, 1.165) is 53.8 Å². The van der Waals surface area contributed by atoms with Gasteiger partial charge < -0.3 is 10.1 Å². The molecule has 1 aliphatic rings. The predicted molar refractivity (Wildman–Crippen MR) is 97.6 cm³/mol. The number of benzene rings is 2. The molecule has 0 radical (unpaired) electrons. The fraction of sp³-hybridized carbons (Fsp3) is 0.381. The van der Waals surface area contributed by atoms with Gasteiger partial charge in [-0.3, -0.25) is 4.79 Å². The number of rotatable bonds is 4. The number of carbonyl (C=O) groups excluding carboxylic acids is 1. The number of ether oxygens (including phenoxy) is 1. The smallest absolute Gasteiger partial charge is 0.235 e. The molecule has 2 aromatic carbocycles. The van der Waals surface area contributed by atoms with Gasteiger partial charge >= 0.3 is 0 Å². The first-order chi connectivity index (χ1) is 12.0. The van der Waals surface area contributed by atoms with E-state index in [1.807, 2.05) is 26.0 Å². The van der Waals surface area contributed by atoms with Crippen LogP contribution in [-0.2, 0) is 10.2 Å². The highest BCUT2D eigenvalue weighted by Gasteiger charge is 2.42. The molecule has 1 amide bonds. The number of halogens is 1. The summed E-state index contributed by atoms with van der Waals surface area (Å²) in [6.07, 6.45) is 3.59. The molecule has 1 N–H and O–H groups in total. The monoisotopic (exact) mass is 341 g/mol. The Morgan fingerprint density at radius 2 is 1.64 bits per heavy atom. The second kappa shape index (κ2) is 6.87. The van der Waals surface area contributed by atoms with Crippen molar-refractivity contribution in [1.29, 1.82) is 0 Å². The van der Waals surface area contributed by atoms with Crippen LogP contribution in [0, 0.1) is 19.7 Å². The van der Waals surface area contributed by atoms with Crippen molar-refractivity contribution >= 4 is 11.6 Å². The van der Waals surface area contributed by atoms with Crippen molar-refractivity contribution in [3.05, 3.63) is 58.9 Å². The van der Waals surface area contributed by atoms with Crippen molar-refractivity contribution in [2.45, 2.75) is 44.9 Å². The van der Waals surface area contributed by atoms with Crippen LogP contribution < -0.4 is 10.1 Å². The second-order valence-corrected chi connectivity index (χ2v) is 6.89. The van der Waals surface area contributed by atoms with Crippen molar-refractivity contribution in [2.75, 3.05) is 12.4 Å². The normalized spacial score (nSPS) is 15.8. The molecule has 4 heteroatoms. The Bertz CT molecular complexity index is 754. The minimum Gasteiger partial charge on any atom is -0.496 e. The third-order valence-corrected chi connectivity index (χ3v) is 5.21. The molecule has 1 fully saturated rings. The van der Waals surface area contributed by atoms with E-state index in [-0.39, 0.29) is 11.7 Å². The van der Waals surface area contributed by atoms with Gasteiger partial charge in [0.05, 0.1) is 12.5 Å². The van der Waals surface area contributed by atoms with Gasteiger partial charge in [-0.05, 0) is 67.6 Å². The van der Waals surface area contributed by atoms with Crippen LogP contribution in [0.15, 0.2) is 36.4 Å². The van der Waals surface area contributed by atoms with Crippen molar-refractivity contribution < 1.29 is 13.9 Å². The van der Waals surface area contributed by atoms with Crippen LogP contribution in [0.2, 0.25) is 0 Å². The fourth-order valence-electron chi connectivity index (χ4n) is 3.99. The molecule has 0 aromatic heterocycles. The molecule has 0 spiro atoms. The topological polar surface area (TPSA) is 38.3 Å². The van der Waals surface area contributed by atoms with Gasteiger partial charge in [0, 0.05) is 5.69 Å². The van der Waals surface area contributed by atoms with Gasteiger partial charge in [0.1, 0.15) is 11.6 Å². The van der Waals surface area contributed by atoms with Crippen LogP contribution in [0.5, 0.6) is 5.75 Å². The Labute approximate surface area is 148 Å². The lowest BCUT2D eigenvalue weighted by atomic mass is 9.78. The maximum Gasteiger partial charge on any atom is 0.235 e. The number of carbonyl (C=O) groups is 1. The summed E-state index contributed by atoms with van der Waals surface area (Å²) < 4.78 is 18.7. The first-order valence-corrected chi connectivity index (χ1v) is 8.69. The number of methoxy groups -OCH3 is 1. The lowest BCUT2D eigenvalue weighted by Crippen LogP contribution is -2.38. The summed E-state index contributed by atoms with van der Waals surface area (Å²) >= 11 is 0. The van der Waals surface area contributed by atoms with E-state index in [2.05, 4.69) is 5.32 Å². The molecular weight excluding hydrogens is 317 g/mol. The average Bonchev–Trinajstić information content (AvgIpc) is 3.06. The molecule has 3 nitrogen and oxygen atoms in total. The predicted octanol–water partition coefficient (Wildman–Crippen LogP) is 4.90. The lowest BCUT2D eigenvalue weighted by molar-refractivity contribution is -0.121. The van der Waals surface area contributed by atoms with Gasteiger partial charge in [-0.25, -0.2) is 4.39 Å². The Balaban J connectivity index is 1.91. The van der Waals surface area contributed by atoms with Gasteiger partial charge in [0.15, 0.2) is 0 Å². The largest absolute Gasteiger partial charge is 0.496 e. The molecule has 0 aliphatic heterocycles. The second-order valence-electron chi connectivity index (χ2n) is 6.89. The molecule has 0 atom stereocenters. The zero-order chi connectivity index (χ0) is 18.0. The Morgan fingerprint density at radius 3 is 2.16 bits per heavy atom. The zero-order valence-corrected chi connectivity index (χ0v) is 15.0. The summed E-state index contributed by atoms with van der Waals surface area (Å²) in [7, 11) is 1.65. The van der Waals surface area contributed by atoms with Crippen molar-refractivity contribution in [1.82, 2.24) is 0 Å². The molecule has 2 aromatic rings. The highest BCUT2D eigenvalue weighted by atomic mass is 19.1. The van der Waals surface area contributed by atoms with E-state index >= 15 is 0 Å². The lowest BCUT2D eigenvalue weighted by Gasteiger charge is -2.28. The molecule has 1 saturated carbocycles. The van der Waals surface area contributed by atoms with E-state index in [9.17, 15) is 9.18 Å². The standard InChI is InChI=1S/C21H24FNO2/c1-14-12-18(13-15(2)19(14)25-3)23-20(24)21(10-4-5-11-21)16-6-8-17(22)9-7-16/h6-9,12-13H,4-5,10-11H2,1-3H3,(H,23,24). The SMILES string of the molecule is COc1c(C)cc(NC(=O)C2(c3ccc(F)cc3)CCCC2)cc1C. The summed E-state index contributed by atoms with van der Waals surface area (Å²) in [6.45, 7) is 3.93. The van der Waals surface area contributed by atoms with Crippen molar-refractivity contribution in [3.63, 3.8) is 0 Å². The maximum atomic E-state index is 13.3. The average molecular weight is 341 g/mol. The van der Waals surface area contributed by atoms with E-state index in [4.69, 9.17) is 4.74 Å². The van der Waals surface area contributed by atoms with Crippen LogP contribution in [0.4, 0.5) is 10.1 Å². The van der Waals surface area contributed by atoms with Gasteiger partial charge in [0.2, 0.25) is 5.91 Å². The molecule has 0 heterocycles. The zero-order valence-electron chi connectivity index (χ0n) is 15.0. The Hall–Kier alpha value is -2.36. The Kier molecular flexibility index (Phi) is 4.80. The van der Waals surface area contributed by atoms with Crippen LogP contribution in [0.25, 0.3) is 0 Å². The van der Waals surface area contributed by atoms with Gasteiger partial charge in [0.25, 0.3) is 0 Å². The summed E-state index contributed by atoms with van der Waals surface area (Å²) in [4.78, 5) is 13.2. The highest BCUT2D eigenvalue weighted by Crippen LogP contribution is 2.42. The van der Waals surface area contributed by atoms with Gasteiger partial charge in [-0.2, -0.15) is 0 Å². The third-order valence-electron chi connectivity index (χ3n) is 5.21. The van der Waals surface area contributed by atoms with Gasteiger partial charge in [-0.15, -0.1) is 0 Å². The first kappa shape index (κ1) is 17.5. The molecule has 3 rings (SSSR count). The number of hydrogen-bond donors (Lipinski definition) is 1. The summed E-state index contributed by atoms with van der Waals surface area (Å²) in [5, 5.41) is 3.08. The van der Waals surface area contributed by atoms with Crippen molar-refractivity contribution in [3.8, 4) is 5.75 Å². The number of hydrogen-bond acceptors (Lipinski definition) is 2. The third kappa shape index (κ3) is 3.26. The summed E-state index contributed by atoms with van der Waals surface area (Å²) in [6, 6.07) is 10.2. The minimum atomic E-state index is -0.574. The summed E-state index contributed by atoms with van der Waals surface area (Å²) in [5.41, 5.74) is 3.07. The quantitative estimate of drug-likeness (QED) is 0.859. The highest BCUT2D eigenvalue weighted by molar-refractivity contribution is 5.99. The maximum absolute atomic E-state index is 13.3. The van der Waals surface area contributed by atoms with E-state index in [0.29, 0.717) is 0 Å². The van der Waals surface area contributed by atoms with E-state index in [1.165, 1.54) is 12.1 Å². The van der Waals surface area contributed by atoms with E-state index in [1.54, 1.807) is 19.2 Å².